The molecule has 0 bridgehead atoms. The van der Waals surface area contributed by atoms with E-state index < -0.39 is 0 Å². The van der Waals surface area contributed by atoms with Crippen molar-refractivity contribution in [2.24, 2.45) is 0 Å². The average molecular weight is 500 g/mol. The first-order valence-corrected chi connectivity index (χ1v) is 11.9. The van der Waals surface area contributed by atoms with Crippen LogP contribution in [0.1, 0.15) is 12.0 Å². The SMILES string of the molecule is COc1cc2nccc(Oc3ccc4c(c3)CCCN4C(=O)Nc3ccc4c(c3)OCO4)c2cc1OC. The molecule has 0 atom stereocenters. The number of nitrogens with one attached hydrogen (secondary N) is 1. The molecule has 6 rings (SSSR count). The second-order valence-corrected chi connectivity index (χ2v) is 8.68. The molecule has 0 radical (unpaired) electrons. The molecule has 3 aromatic carbocycles. The summed E-state index contributed by atoms with van der Waals surface area (Å²) in [5.41, 5.74) is 3.29. The number of nitrogens with zero attached hydrogens (tertiary/aromatic N) is 2. The summed E-state index contributed by atoms with van der Waals surface area (Å²) < 4.78 is 27.9. The quantitative estimate of drug-likeness (QED) is 0.373. The number of anilines is 2. The van der Waals surface area contributed by atoms with Gasteiger partial charge in [-0.25, -0.2) is 4.79 Å². The summed E-state index contributed by atoms with van der Waals surface area (Å²) in [6.45, 7) is 0.813. The Labute approximate surface area is 213 Å². The van der Waals surface area contributed by atoms with Crippen LogP contribution in [0.5, 0.6) is 34.5 Å². The Morgan fingerprint density at radius 1 is 0.946 bits per heavy atom. The Morgan fingerprint density at radius 2 is 1.78 bits per heavy atom. The first-order valence-electron chi connectivity index (χ1n) is 11.9. The number of pyridine rings is 1. The van der Waals surface area contributed by atoms with Gasteiger partial charge in [-0.05, 0) is 60.9 Å². The van der Waals surface area contributed by atoms with Crippen LogP contribution in [0.2, 0.25) is 0 Å². The highest BCUT2D eigenvalue weighted by molar-refractivity contribution is 6.02. The first-order chi connectivity index (χ1) is 18.1. The van der Waals surface area contributed by atoms with Crippen molar-refractivity contribution < 1.29 is 28.5 Å². The van der Waals surface area contributed by atoms with Crippen molar-refractivity contribution in [3.8, 4) is 34.5 Å². The molecule has 188 valence electrons. The Kier molecular flexibility index (Phi) is 5.80. The number of hydrogen-bond acceptors (Lipinski definition) is 7. The molecule has 2 aliphatic rings. The van der Waals surface area contributed by atoms with Crippen LogP contribution in [0.3, 0.4) is 0 Å². The molecule has 0 fully saturated rings. The van der Waals surface area contributed by atoms with Crippen LogP contribution in [0.4, 0.5) is 16.2 Å². The first kappa shape index (κ1) is 22.8. The predicted octanol–water partition coefficient (Wildman–Crippen LogP) is 5.76. The molecule has 4 aromatic rings. The van der Waals surface area contributed by atoms with Gasteiger partial charge in [-0.2, -0.15) is 0 Å². The molecule has 2 amide bonds. The number of benzene rings is 3. The van der Waals surface area contributed by atoms with E-state index >= 15 is 0 Å². The van der Waals surface area contributed by atoms with E-state index in [2.05, 4.69) is 10.3 Å². The fourth-order valence-corrected chi connectivity index (χ4v) is 4.68. The van der Waals surface area contributed by atoms with Crippen LogP contribution < -0.4 is 33.9 Å². The molecule has 0 aliphatic carbocycles. The zero-order valence-corrected chi connectivity index (χ0v) is 20.4. The molecule has 9 nitrogen and oxygen atoms in total. The van der Waals surface area contributed by atoms with Gasteiger partial charge in [0.2, 0.25) is 6.79 Å². The summed E-state index contributed by atoms with van der Waals surface area (Å²) >= 11 is 0. The maximum absolute atomic E-state index is 13.1. The maximum Gasteiger partial charge on any atom is 0.326 e. The lowest BCUT2D eigenvalue weighted by Crippen LogP contribution is -2.38. The molecule has 0 saturated heterocycles. The van der Waals surface area contributed by atoms with Gasteiger partial charge < -0.3 is 29.0 Å². The fourth-order valence-electron chi connectivity index (χ4n) is 4.68. The Bertz CT molecular complexity index is 1510. The van der Waals surface area contributed by atoms with Gasteiger partial charge >= 0.3 is 6.03 Å². The molecule has 0 spiro atoms. The number of carbonyl (C=O) groups is 1. The maximum atomic E-state index is 13.1. The van der Waals surface area contributed by atoms with Crippen LogP contribution in [0, 0.1) is 0 Å². The number of aryl methyl sites for hydroxylation is 1. The van der Waals surface area contributed by atoms with Crippen molar-refractivity contribution in [3.05, 3.63) is 66.4 Å². The number of fused-ring (bicyclic) bond motifs is 3. The standard InChI is InChI=1S/C28H25N3O6/c1-33-25-14-20-21(15-26(25)34-2)29-10-9-23(20)37-19-6-7-22-17(12-19)4-3-11-31(22)28(32)30-18-5-8-24-27(13-18)36-16-35-24/h5-10,12-15H,3-4,11,16H2,1-2H3,(H,30,32). The fraction of sp³-hybridized carbons (Fsp3) is 0.214. The second-order valence-electron chi connectivity index (χ2n) is 8.68. The third-order valence-electron chi connectivity index (χ3n) is 6.47. The molecule has 3 heterocycles. The number of rotatable bonds is 5. The molecule has 37 heavy (non-hydrogen) atoms. The molecule has 0 saturated carbocycles. The van der Waals surface area contributed by atoms with Gasteiger partial charge in [-0.3, -0.25) is 9.88 Å². The molecular formula is C28H25N3O6. The number of amides is 2. The molecule has 9 heteroatoms. The largest absolute Gasteiger partial charge is 0.493 e. The van der Waals surface area contributed by atoms with Crippen LogP contribution in [-0.4, -0.2) is 38.6 Å². The van der Waals surface area contributed by atoms with Crippen molar-refractivity contribution in [2.45, 2.75) is 12.8 Å². The smallest absolute Gasteiger partial charge is 0.326 e. The summed E-state index contributed by atoms with van der Waals surface area (Å²) in [6.07, 6.45) is 3.40. The number of methoxy groups -OCH3 is 2. The van der Waals surface area contributed by atoms with E-state index in [1.165, 1.54) is 0 Å². The number of hydrogen-bond donors (Lipinski definition) is 1. The summed E-state index contributed by atoms with van der Waals surface area (Å²) in [6, 6.07) is 16.5. The number of urea groups is 1. The predicted molar refractivity (Wildman–Crippen MR) is 139 cm³/mol. The van der Waals surface area contributed by atoms with Crippen LogP contribution in [0.25, 0.3) is 10.9 Å². The van der Waals surface area contributed by atoms with E-state index in [1.54, 1.807) is 43.5 Å². The van der Waals surface area contributed by atoms with Gasteiger partial charge in [0, 0.05) is 41.6 Å². The van der Waals surface area contributed by atoms with E-state index in [9.17, 15) is 4.79 Å². The lowest BCUT2D eigenvalue weighted by atomic mass is 10.0. The minimum absolute atomic E-state index is 0.188. The minimum Gasteiger partial charge on any atom is -0.493 e. The van der Waals surface area contributed by atoms with Crippen molar-refractivity contribution in [1.82, 2.24) is 4.98 Å². The highest BCUT2D eigenvalue weighted by atomic mass is 16.7. The van der Waals surface area contributed by atoms with Crippen molar-refractivity contribution in [3.63, 3.8) is 0 Å². The van der Waals surface area contributed by atoms with E-state index in [4.69, 9.17) is 23.7 Å². The van der Waals surface area contributed by atoms with Gasteiger partial charge in [0.15, 0.2) is 23.0 Å². The number of carbonyl (C=O) groups excluding carboxylic acids is 1. The summed E-state index contributed by atoms with van der Waals surface area (Å²) in [4.78, 5) is 19.3. The minimum atomic E-state index is -0.199. The van der Waals surface area contributed by atoms with Gasteiger partial charge in [-0.1, -0.05) is 0 Å². The Morgan fingerprint density at radius 3 is 2.65 bits per heavy atom. The Balaban J connectivity index is 1.24. The molecule has 1 N–H and O–H groups in total. The third-order valence-corrected chi connectivity index (χ3v) is 6.47. The van der Waals surface area contributed by atoms with E-state index in [0.29, 0.717) is 46.7 Å². The summed E-state index contributed by atoms with van der Waals surface area (Å²) in [5, 5.41) is 3.78. The zero-order chi connectivity index (χ0) is 25.4. The number of aromatic nitrogens is 1. The van der Waals surface area contributed by atoms with E-state index in [1.807, 2.05) is 36.4 Å². The van der Waals surface area contributed by atoms with Crippen molar-refractivity contribution in [2.75, 3.05) is 37.8 Å². The van der Waals surface area contributed by atoms with Crippen LogP contribution in [0.15, 0.2) is 60.8 Å². The highest BCUT2D eigenvalue weighted by Crippen LogP contribution is 2.39. The zero-order valence-electron chi connectivity index (χ0n) is 20.4. The van der Waals surface area contributed by atoms with Gasteiger partial charge in [0.25, 0.3) is 0 Å². The Hall–Kier alpha value is -4.66. The topological polar surface area (TPSA) is 91.4 Å². The van der Waals surface area contributed by atoms with Crippen molar-refractivity contribution in [1.29, 1.82) is 0 Å². The van der Waals surface area contributed by atoms with Gasteiger partial charge in [0.1, 0.15) is 11.5 Å². The van der Waals surface area contributed by atoms with Crippen LogP contribution in [-0.2, 0) is 6.42 Å². The average Bonchev–Trinajstić information content (AvgIpc) is 3.40. The lowest BCUT2D eigenvalue weighted by molar-refractivity contribution is 0.174. The highest BCUT2D eigenvalue weighted by Gasteiger charge is 2.24. The van der Waals surface area contributed by atoms with Gasteiger partial charge in [0.05, 0.1) is 19.7 Å². The van der Waals surface area contributed by atoms with E-state index in [-0.39, 0.29) is 12.8 Å². The molecular weight excluding hydrogens is 474 g/mol. The monoisotopic (exact) mass is 499 g/mol. The molecule has 0 unspecified atom stereocenters. The van der Waals surface area contributed by atoms with Gasteiger partial charge in [-0.15, -0.1) is 0 Å². The third kappa shape index (κ3) is 4.29. The normalized spacial score (nSPS) is 13.7. The molecule has 1 aromatic heterocycles. The molecule has 2 aliphatic heterocycles. The van der Waals surface area contributed by atoms with Crippen LogP contribution >= 0.6 is 0 Å². The summed E-state index contributed by atoms with van der Waals surface area (Å²) in [5.74, 6) is 3.83. The second kappa shape index (κ2) is 9.42. The lowest BCUT2D eigenvalue weighted by Gasteiger charge is -2.30. The number of ether oxygens (including phenoxy) is 5. The van der Waals surface area contributed by atoms with Crippen molar-refractivity contribution >= 4 is 28.3 Å². The summed E-state index contributed by atoms with van der Waals surface area (Å²) in [7, 11) is 3.19. The van der Waals surface area contributed by atoms with E-state index in [0.717, 1.165) is 35.0 Å².